The zero-order valence-corrected chi connectivity index (χ0v) is 24.0. The summed E-state index contributed by atoms with van der Waals surface area (Å²) < 4.78 is 16.2. The van der Waals surface area contributed by atoms with Crippen LogP contribution in [0.25, 0.3) is 21.2 Å². The largest absolute Gasteiger partial charge is 0.330 e. The molecule has 1 fully saturated rings. The highest BCUT2D eigenvalue weighted by molar-refractivity contribution is 7.21. The van der Waals surface area contributed by atoms with Crippen molar-refractivity contribution in [2.45, 2.75) is 57.7 Å². The third kappa shape index (κ3) is 6.11. The number of amides is 1. The maximum Gasteiger partial charge on any atom is 0.266 e. The van der Waals surface area contributed by atoms with Crippen LogP contribution in [0.4, 0.5) is 4.39 Å². The van der Waals surface area contributed by atoms with Gasteiger partial charge in [-0.15, -0.1) is 11.3 Å². The smallest absolute Gasteiger partial charge is 0.266 e. The van der Waals surface area contributed by atoms with E-state index < -0.39 is 0 Å². The number of carbonyl (C=O) groups is 1. The second-order valence-electron chi connectivity index (χ2n) is 10.6. The molecule has 1 aromatic heterocycles. The van der Waals surface area contributed by atoms with Gasteiger partial charge in [-0.3, -0.25) is 4.79 Å². The second-order valence-corrected chi connectivity index (χ2v) is 12.0. The molecule has 3 aromatic carbocycles. The van der Waals surface area contributed by atoms with Crippen molar-refractivity contribution in [1.82, 2.24) is 10.2 Å². The summed E-state index contributed by atoms with van der Waals surface area (Å²) in [6, 6.07) is 21.8. The van der Waals surface area contributed by atoms with Crippen molar-refractivity contribution < 1.29 is 9.18 Å². The number of carbonyl (C=O) groups excluding carboxylic acids is 1. The average Bonchev–Trinajstić information content (AvgIpc) is 3.29. The molecule has 1 aliphatic rings. The van der Waals surface area contributed by atoms with Gasteiger partial charge >= 0.3 is 0 Å². The Balaban J connectivity index is 1.47. The van der Waals surface area contributed by atoms with Crippen LogP contribution in [0.5, 0.6) is 0 Å². The van der Waals surface area contributed by atoms with Gasteiger partial charge in [0.05, 0.1) is 5.02 Å². The Bertz CT molecular complexity index is 1490. The number of hydrogen-bond donors (Lipinski definition) is 1. The first kappa shape index (κ1) is 27.6. The van der Waals surface area contributed by atoms with Crippen LogP contribution in [-0.4, -0.2) is 29.9 Å². The molecule has 6 heteroatoms. The van der Waals surface area contributed by atoms with Gasteiger partial charge in [0.2, 0.25) is 0 Å². The number of fused-ring (bicyclic) bond motifs is 1. The van der Waals surface area contributed by atoms with Crippen molar-refractivity contribution >= 4 is 38.9 Å². The van der Waals surface area contributed by atoms with Crippen molar-refractivity contribution in [1.29, 1.82) is 0 Å². The van der Waals surface area contributed by atoms with E-state index in [1.807, 2.05) is 49.2 Å². The molecule has 4 aromatic rings. The summed E-state index contributed by atoms with van der Waals surface area (Å²) in [5, 5.41) is 4.73. The van der Waals surface area contributed by atoms with Gasteiger partial charge in [-0.1, -0.05) is 72.3 Å². The molecule has 1 heterocycles. The number of allylic oxidation sites excluding steroid dienone is 1. The molecule has 5 rings (SSSR count). The Labute approximate surface area is 239 Å². The number of nitrogens with zero attached hydrogens (tertiary/aromatic N) is 1. The fourth-order valence-corrected chi connectivity index (χ4v) is 7.02. The van der Waals surface area contributed by atoms with Gasteiger partial charge in [0.1, 0.15) is 10.7 Å². The van der Waals surface area contributed by atoms with E-state index in [1.54, 1.807) is 6.07 Å². The normalized spacial score (nSPS) is 17.3. The van der Waals surface area contributed by atoms with Gasteiger partial charge in [-0.25, -0.2) is 4.39 Å². The molecule has 202 valence electrons. The number of rotatable bonds is 8. The van der Waals surface area contributed by atoms with Crippen molar-refractivity contribution in [3.8, 4) is 11.1 Å². The fraction of sp³-hybridized carbons (Fsp3) is 0.303. The zero-order chi connectivity index (χ0) is 27.5. The third-order valence-corrected chi connectivity index (χ3v) is 9.38. The van der Waals surface area contributed by atoms with Crippen LogP contribution >= 0.6 is 22.9 Å². The molecule has 1 amide bonds. The first-order valence-corrected chi connectivity index (χ1v) is 14.7. The fourth-order valence-electron chi connectivity index (χ4n) is 5.55. The summed E-state index contributed by atoms with van der Waals surface area (Å²) >= 11 is 8.15. The number of hydrogen-bond acceptors (Lipinski definition) is 3. The minimum absolute atomic E-state index is 0.0212. The van der Waals surface area contributed by atoms with E-state index in [4.69, 9.17) is 11.6 Å². The Kier molecular flexibility index (Phi) is 8.51. The second kappa shape index (κ2) is 12.0. The van der Waals surface area contributed by atoms with Crippen molar-refractivity contribution in [3.05, 3.63) is 106 Å². The maximum absolute atomic E-state index is 15.3. The quantitative estimate of drug-likeness (QED) is 0.219. The summed E-state index contributed by atoms with van der Waals surface area (Å²) in [6.07, 6.45) is 4.52. The van der Waals surface area contributed by atoms with E-state index in [1.165, 1.54) is 23.0 Å². The Morgan fingerprint density at radius 2 is 1.74 bits per heavy atom. The predicted molar refractivity (Wildman–Crippen MR) is 162 cm³/mol. The van der Waals surface area contributed by atoms with Crippen molar-refractivity contribution in [2.75, 3.05) is 7.05 Å². The molecule has 0 unspecified atom stereocenters. The standard InChI is InChI=1S/C33H34ClFN2OS/c1-21(2)18-22-8-10-23(11-9-22)24-12-17-29(35)25(19-24)20-37(27-15-13-26(36-3)14-16-27)33(38)32-31(34)28-6-4-5-7-30(28)39-32/h4-12,17,19,26-27,36H,1,13-16,18,20H2,2-3H3. The van der Waals surface area contributed by atoms with Gasteiger partial charge in [0.25, 0.3) is 5.91 Å². The highest BCUT2D eigenvalue weighted by Crippen LogP contribution is 2.38. The van der Waals surface area contributed by atoms with Crippen LogP contribution in [0.3, 0.4) is 0 Å². The highest BCUT2D eigenvalue weighted by Gasteiger charge is 2.32. The Morgan fingerprint density at radius 1 is 1.05 bits per heavy atom. The lowest BCUT2D eigenvalue weighted by atomic mass is 9.89. The average molecular weight is 561 g/mol. The highest BCUT2D eigenvalue weighted by atomic mass is 35.5. The first-order chi connectivity index (χ1) is 18.8. The monoisotopic (exact) mass is 560 g/mol. The van der Waals surface area contributed by atoms with E-state index in [0.717, 1.165) is 58.9 Å². The molecule has 0 atom stereocenters. The lowest BCUT2D eigenvalue weighted by Crippen LogP contribution is -2.44. The van der Waals surface area contributed by atoms with E-state index in [-0.39, 0.29) is 24.3 Å². The Morgan fingerprint density at radius 3 is 2.41 bits per heavy atom. The number of nitrogens with one attached hydrogen (secondary N) is 1. The van der Waals surface area contributed by atoms with Gasteiger partial charge in [0.15, 0.2) is 0 Å². The lowest BCUT2D eigenvalue weighted by molar-refractivity contribution is 0.0604. The van der Waals surface area contributed by atoms with Crippen LogP contribution < -0.4 is 5.32 Å². The molecule has 1 N–H and O–H groups in total. The van der Waals surface area contributed by atoms with Gasteiger partial charge in [-0.2, -0.15) is 0 Å². The van der Waals surface area contributed by atoms with Crippen LogP contribution in [0.2, 0.25) is 5.02 Å². The summed E-state index contributed by atoms with van der Waals surface area (Å²) in [5.41, 5.74) is 4.77. The molecule has 1 saturated carbocycles. The maximum atomic E-state index is 15.3. The molecule has 3 nitrogen and oxygen atoms in total. The minimum atomic E-state index is -0.304. The van der Waals surface area contributed by atoms with Gasteiger partial charge < -0.3 is 10.2 Å². The van der Waals surface area contributed by atoms with Crippen LogP contribution in [0.1, 0.15) is 53.4 Å². The number of benzene rings is 3. The molecular formula is C33H34ClFN2OS. The van der Waals surface area contributed by atoms with Crippen LogP contribution in [0.15, 0.2) is 78.9 Å². The predicted octanol–water partition coefficient (Wildman–Crippen LogP) is 8.65. The summed E-state index contributed by atoms with van der Waals surface area (Å²) in [4.78, 5) is 16.5. The van der Waals surface area contributed by atoms with Crippen molar-refractivity contribution in [3.63, 3.8) is 0 Å². The van der Waals surface area contributed by atoms with Gasteiger partial charge in [0, 0.05) is 34.3 Å². The number of halogens is 2. The molecule has 1 aliphatic carbocycles. The first-order valence-electron chi connectivity index (χ1n) is 13.5. The summed E-state index contributed by atoms with van der Waals surface area (Å²) in [7, 11) is 1.98. The molecule has 0 spiro atoms. The van der Waals surface area contributed by atoms with Crippen molar-refractivity contribution in [2.24, 2.45) is 0 Å². The minimum Gasteiger partial charge on any atom is -0.330 e. The van der Waals surface area contributed by atoms with E-state index in [2.05, 4.69) is 36.2 Å². The van der Waals surface area contributed by atoms with Crippen LogP contribution in [-0.2, 0) is 13.0 Å². The number of thiophene rings is 1. The molecular weight excluding hydrogens is 527 g/mol. The Hall–Kier alpha value is -2.99. The third-order valence-electron chi connectivity index (χ3n) is 7.72. The SMILES string of the molecule is C=C(C)Cc1ccc(-c2ccc(F)c(CN(C(=O)c3sc4ccccc4c3Cl)C3CCC(NC)CC3)c2)cc1. The molecule has 0 bridgehead atoms. The summed E-state index contributed by atoms with van der Waals surface area (Å²) in [5.74, 6) is -0.426. The van der Waals surface area contributed by atoms with Gasteiger partial charge in [-0.05, 0) is 81.0 Å². The summed E-state index contributed by atoms with van der Waals surface area (Å²) in [6.45, 7) is 6.21. The molecule has 0 aliphatic heterocycles. The zero-order valence-electron chi connectivity index (χ0n) is 22.5. The van der Waals surface area contributed by atoms with E-state index in [9.17, 15) is 4.79 Å². The van der Waals surface area contributed by atoms with Crippen LogP contribution in [0, 0.1) is 5.82 Å². The molecule has 0 radical (unpaired) electrons. The lowest BCUT2D eigenvalue weighted by Gasteiger charge is -2.37. The van der Waals surface area contributed by atoms with E-state index in [0.29, 0.717) is 21.5 Å². The molecule has 39 heavy (non-hydrogen) atoms. The molecule has 0 saturated heterocycles. The topological polar surface area (TPSA) is 32.3 Å². The van der Waals surface area contributed by atoms with E-state index >= 15 is 4.39 Å².